The lowest BCUT2D eigenvalue weighted by atomic mass is 9.41. The highest BCUT2D eigenvalue weighted by Gasteiger charge is 2.45. The van der Waals surface area contributed by atoms with E-state index in [2.05, 4.69) is 33.8 Å². The quantitative estimate of drug-likeness (QED) is 0.234. The summed E-state index contributed by atoms with van der Waals surface area (Å²) in [6.45, 7) is 9.27. The fourth-order valence-corrected chi connectivity index (χ4v) is 5.16. The lowest BCUT2D eigenvalue weighted by molar-refractivity contribution is 0.496. The molecule has 3 atom stereocenters. The lowest BCUT2D eigenvalue weighted by Gasteiger charge is -2.30. The van der Waals surface area contributed by atoms with Gasteiger partial charge in [-0.3, -0.25) is 0 Å². The molecule has 1 fully saturated rings. The summed E-state index contributed by atoms with van der Waals surface area (Å²) in [6, 6.07) is 2.81. The molecule has 0 aromatic rings. The van der Waals surface area contributed by atoms with Gasteiger partial charge in [-0.25, -0.2) is 0 Å². The standard InChI is InChI=1S/C23H44BN/c1-5-7-9-11-13-15-22(16-14-12-10-8-6-2)24-23(19-25)18-20(3)17-21(23)4/h20-22,24H,5-18H2,1-4H3. The lowest BCUT2D eigenvalue weighted by Crippen LogP contribution is -2.26. The van der Waals surface area contributed by atoms with Gasteiger partial charge in [-0.05, 0) is 24.7 Å². The molecule has 0 heterocycles. The van der Waals surface area contributed by atoms with Crippen LogP contribution in [-0.4, -0.2) is 7.28 Å². The van der Waals surface area contributed by atoms with Gasteiger partial charge in [0.15, 0.2) is 0 Å². The molecule has 144 valence electrons. The van der Waals surface area contributed by atoms with E-state index >= 15 is 0 Å². The molecule has 0 saturated heterocycles. The Labute approximate surface area is 159 Å². The Morgan fingerprint density at radius 3 is 1.84 bits per heavy atom. The smallest absolute Gasteiger partial charge is 0.150 e. The van der Waals surface area contributed by atoms with Crippen LogP contribution in [0.25, 0.3) is 0 Å². The summed E-state index contributed by atoms with van der Waals surface area (Å²) in [6.07, 6.45) is 18.9. The zero-order chi connectivity index (χ0) is 18.5. The molecule has 1 rings (SSSR count). The predicted octanol–water partition coefficient (Wildman–Crippen LogP) is 7.68. The maximum atomic E-state index is 9.99. The molecule has 1 aliphatic carbocycles. The summed E-state index contributed by atoms with van der Waals surface area (Å²) in [5.74, 6) is 2.12. The molecule has 0 amide bonds. The van der Waals surface area contributed by atoms with Crippen molar-refractivity contribution in [3.8, 4) is 6.07 Å². The van der Waals surface area contributed by atoms with Crippen molar-refractivity contribution in [3.05, 3.63) is 0 Å². The van der Waals surface area contributed by atoms with Crippen LogP contribution in [0.1, 0.15) is 118 Å². The molecule has 0 N–H and O–H groups in total. The summed E-state index contributed by atoms with van der Waals surface area (Å²) >= 11 is 0. The predicted molar refractivity (Wildman–Crippen MR) is 114 cm³/mol. The minimum Gasteiger partial charge on any atom is -0.199 e. The maximum Gasteiger partial charge on any atom is 0.150 e. The van der Waals surface area contributed by atoms with Crippen molar-refractivity contribution in [1.29, 1.82) is 5.26 Å². The normalized spacial score (nSPS) is 26.1. The molecule has 0 aromatic heterocycles. The number of unbranched alkanes of at least 4 members (excludes halogenated alkanes) is 8. The second-order valence-corrected chi connectivity index (χ2v) is 9.19. The van der Waals surface area contributed by atoms with Crippen molar-refractivity contribution in [1.82, 2.24) is 0 Å². The molecule has 1 aliphatic rings. The first kappa shape index (κ1) is 22.6. The molecule has 0 bridgehead atoms. The summed E-state index contributed by atoms with van der Waals surface area (Å²) in [5.41, 5.74) is 0. The Morgan fingerprint density at radius 2 is 1.44 bits per heavy atom. The molecule has 1 nitrogen and oxygen atoms in total. The summed E-state index contributed by atoms with van der Waals surface area (Å²) < 4.78 is 0. The van der Waals surface area contributed by atoms with Crippen LogP contribution in [-0.2, 0) is 0 Å². The maximum absolute atomic E-state index is 9.99. The van der Waals surface area contributed by atoms with E-state index in [9.17, 15) is 5.26 Å². The minimum absolute atomic E-state index is 0.0169. The zero-order valence-electron chi connectivity index (χ0n) is 17.8. The molecule has 0 spiro atoms. The monoisotopic (exact) mass is 345 g/mol. The molecule has 2 heteroatoms. The second-order valence-electron chi connectivity index (χ2n) is 9.19. The Balaban J connectivity index is 2.51. The van der Waals surface area contributed by atoms with Gasteiger partial charge in [0.1, 0.15) is 7.28 Å². The Hall–Kier alpha value is -0.445. The number of nitrogens with zero attached hydrogens (tertiary/aromatic N) is 1. The van der Waals surface area contributed by atoms with Crippen molar-refractivity contribution >= 4 is 7.28 Å². The van der Waals surface area contributed by atoms with Crippen LogP contribution in [0.5, 0.6) is 0 Å². The van der Waals surface area contributed by atoms with Gasteiger partial charge in [-0.2, -0.15) is 5.26 Å². The van der Waals surface area contributed by atoms with Crippen molar-refractivity contribution in [2.75, 3.05) is 0 Å². The Bertz CT molecular complexity index is 361. The van der Waals surface area contributed by atoms with E-state index in [0.717, 1.165) is 18.2 Å². The number of hydrogen-bond donors (Lipinski definition) is 0. The van der Waals surface area contributed by atoms with E-state index in [1.165, 1.54) is 90.8 Å². The van der Waals surface area contributed by atoms with Gasteiger partial charge in [0, 0.05) is 5.31 Å². The van der Waals surface area contributed by atoms with Gasteiger partial charge < -0.3 is 0 Å². The first-order valence-corrected chi connectivity index (χ1v) is 11.5. The van der Waals surface area contributed by atoms with Crippen molar-refractivity contribution in [3.63, 3.8) is 0 Å². The molecule has 0 radical (unpaired) electrons. The SMILES string of the molecule is CCCCCCCC(BC1(C#N)CC(C)CC1C)CCCCCCC. The van der Waals surface area contributed by atoms with E-state index in [0.29, 0.717) is 5.92 Å². The van der Waals surface area contributed by atoms with Crippen LogP contribution in [0.4, 0.5) is 0 Å². The fraction of sp³-hybridized carbons (Fsp3) is 0.957. The van der Waals surface area contributed by atoms with E-state index in [4.69, 9.17) is 0 Å². The highest BCUT2D eigenvalue weighted by atomic mass is 14.4. The summed E-state index contributed by atoms with van der Waals surface area (Å²) in [4.78, 5) is 0. The molecule has 3 unspecified atom stereocenters. The topological polar surface area (TPSA) is 23.8 Å². The van der Waals surface area contributed by atoms with Crippen LogP contribution in [0.15, 0.2) is 0 Å². The summed E-state index contributed by atoms with van der Waals surface area (Å²) in [7, 11) is 1.18. The zero-order valence-corrected chi connectivity index (χ0v) is 17.8. The highest BCUT2D eigenvalue weighted by Crippen LogP contribution is 2.53. The number of rotatable bonds is 14. The molecule has 0 aliphatic heterocycles. The molecule has 0 aromatic carbocycles. The van der Waals surface area contributed by atoms with Crippen molar-refractivity contribution in [2.45, 2.75) is 129 Å². The average Bonchev–Trinajstić information content (AvgIpc) is 2.88. The van der Waals surface area contributed by atoms with Crippen LogP contribution >= 0.6 is 0 Å². The number of nitriles is 1. The van der Waals surface area contributed by atoms with Crippen LogP contribution in [0.2, 0.25) is 11.1 Å². The Kier molecular flexibility index (Phi) is 11.6. The van der Waals surface area contributed by atoms with E-state index < -0.39 is 0 Å². The van der Waals surface area contributed by atoms with E-state index in [1.807, 2.05) is 0 Å². The van der Waals surface area contributed by atoms with Gasteiger partial charge in [0.2, 0.25) is 0 Å². The van der Waals surface area contributed by atoms with Crippen LogP contribution in [0, 0.1) is 23.2 Å². The molecular formula is C23H44BN. The van der Waals surface area contributed by atoms with Gasteiger partial charge in [-0.1, -0.05) is 111 Å². The number of hydrogen-bond acceptors (Lipinski definition) is 1. The molecule has 1 saturated carbocycles. The first-order valence-electron chi connectivity index (χ1n) is 11.5. The van der Waals surface area contributed by atoms with E-state index in [1.54, 1.807) is 0 Å². The fourth-order valence-electron chi connectivity index (χ4n) is 5.16. The third-order valence-electron chi connectivity index (χ3n) is 6.72. The third kappa shape index (κ3) is 8.19. The summed E-state index contributed by atoms with van der Waals surface area (Å²) in [5, 5.41) is 9.97. The van der Waals surface area contributed by atoms with Gasteiger partial charge in [-0.15, -0.1) is 0 Å². The van der Waals surface area contributed by atoms with E-state index in [-0.39, 0.29) is 5.31 Å². The molecule has 25 heavy (non-hydrogen) atoms. The average molecular weight is 345 g/mol. The minimum atomic E-state index is -0.0169. The second kappa shape index (κ2) is 12.8. The van der Waals surface area contributed by atoms with Crippen molar-refractivity contribution in [2.24, 2.45) is 11.8 Å². The third-order valence-corrected chi connectivity index (χ3v) is 6.72. The Morgan fingerprint density at radius 1 is 0.920 bits per heavy atom. The molecular weight excluding hydrogens is 301 g/mol. The van der Waals surface area contributed by atoms with Crippen molar-refractivity contribution < 1.29 is 0 Å². The van der Waals surface area contributed by atoms with Gasteiger partial charge in [0.05, 0.1) is 6.07 Å². The largest absolute Gasteiger partial charge is 0.199 e. The van der Waals surface area contributed by atoms with Crippen LogP contribution < -0.4 is 0 Å². The first-order chi connectivity index (χ1) is 12.1. The highest BCUT2D eigenvalue weighted by molar-refractivity contribution is 6.43. The van der Waals surface area contributed by atoms with Gasteiger partial charge >= 0.3 is 0 Å². The van der Waals surface area contributed by atoms with Gasteiger partial charge in [0.25, 0.3) is 0 Å². The van der Waals surface area contributed by atoms with Crippen LogP contribution in [0.3, 0.4) is 0 Å².